The summed E-state index contributed by atoms with van der Waals surface area (Å²) in [5.74, 6) is -0.381. The highest BCUT2D eigenvalue weighted by Crippen LogP contribution is 2.11. The fourth-order valence-corrected chi connectivity index (χ4v) is 1.60. The van der Waals surface area contributed by atoms with Crippen molar-refractivity contribution in [1.82, 2.24) is 20.2 Å². The summed E-state index contributed by atoms with van der Waals surface area (Å²) in [6.07, 6.45) is 2.06. The number of carboxylic acids is 1. The molecule has 0 saturated carbocycles. The van der Waals surface area contributed by atoms with E-state index in [9.17, 15) is 4.79 Å². The molecule has 2 rings (SSSR count). The molecule has 0 saturated heterocycles. The first-order valence-electron chi connectivity index (χ1n) is 5.96. The van der Waals surface area contributed by atoms with Crippen molar-refractivity contribution in [2.45, 2.75) is 19.9 Å². The molecule has 2 aromatic rings. The van der Waals surface area contributed by atoms with Gasteiger partial charge < -0.3 is 5.11 Å². The summed E-state index contributed by atoms with van der Waals surface area (Å²) in [5.41, 5.74) is 1.23. The Balaban J connectivity index is 2.12. The Kier molecular flexibility index (Phi) is 4.02. The predicted octanol–water partition coefficient (Wildman–Crippen LogP) is 1.76. The van der Waals surface area contributed by atoms with E-state index in [-0.39, 0.29) is 0 Å². The Morgan fingerprint density at radius 3 is 2.74 bits per heavy atom. The molecule has 0 bridgehead atoms. The van der Waals surface area contributed by atoms with Gasteiger partial charge in [-0.2, -0.15) is 4.80 Å². The van der Waals surface area contributed by atoms with Crippen LogP contribution in [0.3, 0.4) is 0 Å². The van der Waals surface area contributed by atoms with Gasteiger partial charge in [-0.25, -0.2) is 4.79 Å². The van der Waals surface area contributed by atoms with E-state index < -0.39 is 5.97 Å². The van der Waals surface area contributed by atoms with E-state index >= 15 is 0 Å². The zero-order chi connectivity index (χ0) is 13.7. The Labute approximate surface area is 110 Å². The zero-order valence-electron chi connectivity index (χ0n) is 10.5. The summed E-state index contributed by atoms with van der Waals surface area (Å²) in [7, 11) is 0. The van der Waals surface area contributed by atoms with Gasteiger partial charge in [-0.3, -0.25) is 0 Å². The smallest absolute Gasteiger partial charge is 0.331 e. The molecule has 0 radical (unpaired) electrons. The molecule has 1 aromatic carbocycles. The second kappa shape index (κ2) is 5.90. The number of allylic oxidation sites excluding steroid dienone is 1. The van der Waals surface area contributed by atoms with Gasteiger partial charge in [0.2, 0.25) is 5.82 Å². The van der Waals surface area contributed by atoms with Crippen LogP contribution in [0.15, 0.2) is 42.0 Å². The monoisotopic (exact) mass is 258 g/mol. The van der Waals surface area contributed by atoms with Gasteiger partial charge in [-0.05, 0) is 11.6 Å². The Hall–Kier alpha value is -2.50. The molecule has 1 aromatic heterocycles. The lowest BCUT2D eigenvalue weighted by molar-refractivity contribution is -0.132. The summed E-state index contributed by atoms with van der Waals surface area (Å²) in [6, 6.07) is 9.50. The van der Waals surface area contributed by atoms with Crippen molar-refractivity contribution in [2.24, 2.45) is 0 Å². The molecule has 0 spiro atoms. The van der Waals surface area contributed by atoms with Gasteiger partial charge in [0.15, 0.2) is 0 Å². The maximum absolute atomic E-state index is 10.8. The number of hydrogen-bond acceptors (Lipinski definition) is 4. The highest BCUT2D eigenvalue weighted by atomic mass is 16.4. The second-order valence-corrected chi connectivity index (χ2v) is 3.92. The summed E-state index contributed by atoms with van der Waals surface area (Å²) >= 11 is 0. The van der Waals surface area contributed by atoms with Gasteiger partial charge in [-0.15, -0.1) is 10.2 Å². The van der Waals surface area contributed by atoms with Gasteiger partial charge in [0, 0.05) is 11.1 Å². The van der Waals surface area contributed by atoms with Crippen molar-refractivity contribution in [3.05, 3.63) is 42.0 Å². The molecule has 1 heterocycles. The minimum atomic E-state index is -0.911. The van der Waals surface area contributed by atoms with E-state index in [1.54, 1.807) is 13.0 Å². The van der Waals surface area contributed by atoms with E-state index in [0.29, 0.717) is 24.4 Å². The van der Waals surface area contributed by atoms with Crippen LogP contribution in [0, 0.1) is 0 Å². The first-order chi connectivity index (χ1) is 9.20. The molecule has 6 nitrogen and oxygen atoms in total. The number of nitrogens with zero attached hydrogens (tertiary/aromatic N) is 4. The summed E-state index contributed by atoms with van der Waals surface area (Å²) in [6.45, 7) is 2.10. The number of rotatable bonds is 5. The maximum atomic E-state index is 10.8. The number of aliphatic carboxylic acids is 1. The summed E-state index contributed by atoms with van der Waals surface area (Å²) in [4.78, 5) is 12.2. The van der Waals surface area contributed by atoms with Crippen LogP contribution in [0.1, 0.15) is 13.3 Å². The van der Waals surface area contributed by atoms with Crippen LogP contribution >= 0.6 is 0 Å². The van der Waals surface area contributed by atoms with E-state index in [4.69, 9.17) is 5.11 Å². The van der Waals surface area contributed by atoms with E-state index in [1.807, 2.05) is 30.3 Å². The van der Waals surface area contributed by atoms with E-state index in [2.05, 4.69) is 15.4 Å². The van der Waals surface area contributed by atoms with Crippen LogP contribution in [-0.4, -0.2) is 31.3 Å². The fraction of sp³-hybridized carbons (Fsp3) is 0.231. The molecule has 19 heavy (non-hydrogen) atoms. The van der Waals surface area contributed by atoms with E-state index in [0.717, 1.165) is 5.56 Å². The molecule has 0 aliphatic rings. The first kappa shape index (κ1) is 12.9. The molecule has 6 heteroatoms. The fourth-order valence-electron chi connectivity index (χ4n) is 1.60. The summed E-state index contributed by atoms with van der Waals surface area (Å²) in [5, 5.41) is 20.9. The van der Waals surface area contributed by atoms with Crippen LogP contribution in [0.5, 0.6) is 0 Å². The van der Waals surface area contributed by atoms with Crippen LogP contribution in [-0.2, 0) is 11.3 Å². The SMILES string of the molecule is CCC(=CCn1nnc(-c2ccccc2)n1)C(=O)O. The zero-order valence-corrected chi connectivity index (χ0v) is 10.5. The third-order valence-electron chi connectivity index (χ3n) is 2.64. The third-order valence-corrected chi connectivity index (χ3v) is 2.64. The van der Waals surface area contributed by atoms with E-state index in [1.165, 1.54) is 4.80 Å². The summed E-state index contributed by atoms with van der Waals surface area (Å²) < 4.78 is 0. The average Bonchev–Trinajstić information content (AvgIpc) is 2.89. The molecule has 0 unspecified atom stereocenters. The van der Waals surface area contributed by atoms with Gasteiger partial charge in [-0.1, -0.05) is 43.3 Å². The molecule has 0 aliphatic heterocycles. The highest BCUT2D eigenvalue weighted by molar-refractivity contribution is 5.86. The largest absolute Gasteiger partial charge is 0.478 e. The number of aromatic nitrogens is 4. The van der Waals surface area contributed by atoms with Gasteiger partial charge in [0.1, 0.15) is 0 Å². The average molecular weight is 258 g/mol. The highest BCUT2D eigenvalue weighted by Gasteiger charge is 2.06. The Morgan fingerprint density at radius 1 is 1.37 bits per heavy atom. The van der Waals surface area contributed by atoms with Gasteiger partial charge in [0.05, 0.1) is 6.54 Å². The molecular weight excluding hydrogens is 244 g/mol. The molecular formula is C13H14N4O2. The Bertz CT molecular complexity index is 590. The molecule has 0 atom stereocenters. The maximum Gasteiger partial charge on any atom is 0.331 e. The lowest BCUT2D eigenvalue weighted by Crippen LogP contribution is -2.05. The van der Waals surface area contributed by atoms with Crippen molar-refractivity contribution < 1.29 is 9.90 Å². The van der Waals surface area contributed by atoms with Gasteiger partial charge >= 0.3 is 5.97 Å². The van der Waals surface area contributed by atoms with Crippen LogP contribution < -0.4 is 0 Å². The molecule has 98 valence electrons. The number of tetrazole rings is 1. The number of carboxylic acid groups (broad SMARTS) is 1. The topological polar surface area (TPSA) is 80.9 Å². The van der Waals surface area contributed by atoms with Crippen LogP contribution in [0.4, 0.5) is 0 Å². The molecule has 0 aliphatic carbocycles. The predicted molar refractivity (Wildman–Crippen MR) is 69.3 cm³/mol. The van der Waals surface area contributed by atoms with Crippen molar-refractivity contribution in [3.8, 4) is 11.4 Å². The normalized spacial score (nSPS) is 11.5. The molecule has 0 amide bonds. The number of benzene rings is 1. The first-order valence-corrected chi connectivity index (χ1v) is 5.96. The lowest BCUT2D eigenvalue weighted by Gasteiger charge is -1.97. The second-order valence-electron chi connectivity index (χ2n) is 3.92. The third kappa shape index (κ3) is 3.25. The molecule has 1 N–H and O–H groups in total. The van der Waals surface area contributed by atoms with Crippen molar-refractivity contribution in [3.63, 3.8) is 0 Å². The van der Waals surface area contributed by atoms with Crippen molar-refractivity contribution in [1.29, 1.82) is 0 Å². The van der Waals surface area contributed by atoms with Crippen LogP contribution in [0.25, 0.3) is 11.4 Å². The Morgan fingerprint density at radius 2 is 2.11 bits per heavy atom. The molecule has 0 fully saturated rings. The number of hydrogen-bond donors (Lipinski definition) is 1. The lowest BCUT2D eigenvalue weighted by atomic mass is 10.2. The standard InChI is InChI=1S/C13H14N4O2/c1-2-10(13(18)19)8-9-17-15-12(14-16-17)11-6-4-3-5-7-11/h3-8H,2,9H2,1H3,(H,18,19). The number of carbonyl (C=O) groups is 1. The minimum absolute atomic E-state index is 0.301. The van der Waals surface area contributed by atoms with Gasteiger partial charge in [0.25, 0.3) is 0 Å². The van der Waals surface area contributed by atoms with Crippen molar-refractivity contribution >= 4 is 5.97 Å². The van der Waals surface area contributed by atoms with Crippen molar-refractivity contribution in [2.75, 3.05) is 0 Å². The minimum Gasteiger partial charge on any atom is -0.478 e. The quantitative estimate of drug-likeness (QED) is 0.826. The van der Waals surface area contributed by atoms with Crippen LogP contribution in [0.2, 0.25) is 0 Å².